The highest BCUT2D eigenvalue weighted by Crippen LogP contribution is 2.25. The Balaban J connectivity index is 1.49. The number of aryl methyl sites for hydroxylation is 1. The molecule has 3 amide bonds. The fourth-order valence-electron chi connectivity index (χ4n) is 4.08. The highest BCUT2D eigenvalue weighted by molar-refractivity contribution is 6.34. The van der Waals surface area contributed by atoms with Gasteiger partial charge in [0.1, 0.15) is 22.6 Å². The van der Waals surface area contributed by atoms with Crippen LogP contribution in [0.25, 0.3) is 11.0 Å². The van der Waals surface area contributed by atoms with Crippen LogP contribution in [0.2, 0.25) is 5.02 Å². The lowest BCUT2D eigenvalue weighted by molar-refractivity contribution is 0.0526. The molecule has 4 rings (SSSR count). The van der Waals surface area contributed by atoms with Crippen LogP contribution in [-0.4, -0.2) is 45.0 Å². The van der Waals surface area contributed by atoms with Gasteiger partial charge < -0.3 is 25.7 Å². The van der Waals surface area contributed by atoms with Crippen molar-refractivity contribution in [2.24, 2.45) is 0 Å². The molecule has 11 nitrogen and oxygen atoms in total. The molecule has 0 radical (unpaired) electrons. The van der Waals surface area contributed by atoms with Gasteiger partial charge in [0, 0.05) is 23.7 Å². The first-order valence-corrected chi connectivity index (χ1v) is 13.6. The van der Waals surface area contributed by atoms with E-state index in [0.717, 1.165) is 5.56 Å². The van der Waals surface area contributed by atoms with Gasteiger partial charge in [-0.2, -0.15) is 0 Å². The second-order valence-electron chi connectivity index (χ2n) is 10.5. The topological polar surface area (TPSA) is 155 Å². The molecule has 2 aromatic carbocycles. The Labute approximate surface area is 247 Å². The van der Waals surface area contributed by atoms with Crippen molar-refractivity contribution >= 4 is 46.2 Å². The number of halogens is 1. The number of nitrogens with zero attached hydrogens (tertiary/aromatic N) is 2. The van der Waals surface area contributed by atoms with Gasteiger partial charge in [-0.15, -0.1) is 0 Å². The number of hydrogen-bond acceptors (Lipinski definition) is 7. The zero-order valence-corrected chi connectivity index (χ0v) is 24.3. The van der Waals surface area contributed by atoms with Gasteiger partial charge in [-0.1, -0.05) is 41.9 Å². The van der Waals surface area contributed by atoms with Crippen LogP contribution in [0.5, 0.6) is 0 Å². The van der Waals surface area contributed by atoms with Crippen molar-refractivity contribution in [3.05, 3.63) is 98.7 Å². The lowest BCUT2D eigenvalue weighted by Crippen LogP contribution is -2.35. The maximum absolute atomic E-state index is 13.3. The molecular weight excluding hydrogens is 560 g/mol. The van der Waals surface area contributed by atoms with Crippen molar-refractivity contribution in [3.63, 3.8) is 0 Å². The molecule has 0 unspecified atom stereocenters. The number of ether oxygens (including phenoxy) is 1. The lowest BCUT2D eigenvalue weighted by Gasteiger charge is -2.22. The fourth-order valence-corrected chi connectivity index (χ4v) is 4.25. The van der Waals surface area contributed by atoms with E-state index in [-0.39, 0.29) is 28.4 Å². The third kappa shape index (κ3) is 7.91. The molecule has 218 valence electrons. The highest BCUT2D eigenvalue weighted by atomic mass is 35.5. The zero-order chi connectivity index (χ0) is 30.4. The Morgan fingerprint density at radius 3 is 2.50 bits per heavy atom. The van der Waals surface area contributed by atoms with Gasteiger partial charge in [0.15, 0.2) is 0 Å². The van der Waals surface area contributed by atoms with Gasteiger partial charge >= 0.3 is 6.09 Å². The predicted octanol–water partition coefficient (Wildman–Crippen LogP) is 4.92. The molecular formula is C30H31ClN6O5. The van der Waals surface area contributed by atoms with E-state index in [1.807, 2.05) is 30.3 Å². The summed E-state index contributed by atoms with van der Waals surface area (Å²) in [5.41, 5.74) is 0.109. The summed E-state index contributed by atoms with van der Waals surface area (Å²) in [7, 11) is 0. The first kappa shape index (κ1) is 30.2. The second kappa shape index (κ2) is 12.8. The van der Waals surface area contributed by atoms with E-state index < -0.39 is 35.1 Å². The SMILES string of the molecule is Cc1ncc2cc(C(=O)Nc3cc(C(=O)N[C@H](CCNC(=O)OC(C)(C)C)c4ccccc4)ccc3Cl)c(=O)[nH]c2n1. The Morgan fingerprint density at radius 2 is 1.79 bits per heavy atom. The van der Waals surface area contributed by atoms with E-state index in [0.29, 0.717) is 23.3 Å². The number of aromatic amines is 1. The maximum atomic E-state index is 13.3. The standard InChI is InChI=1S/C30H31ClN6O5/c1-17-33-16-20-14-21(28(40)37-25(20)34-17)27(39)36-24-15-19(10-11-22(24)31)26(38)35-23(18-8-6-5-7-9-18)12-13-32-29(41)42-30(2,3)4/h5-11,14-16,23H,12-13H2,1-4H3,(H,32,41)(H,35,38)(H,36,39)(H,33,34,37,40)/t23-/m1/s1. The number of alkyl carbamates (subject to hydrolysis) is 1. The molecule has 2 aromatic heterocycles. The van der Waals surface area contributed by atoms with Crippen LogP contribution in [0.15, 0.2) is 65.6 Å². The predicted molar refractivity (Wildman–Crippen MR) is 160 cm³/mol. The number of carbonyl (C=O) groups is 3. The number of aromatic nitrogens is 3. The number of carbonyl (C=O) groups excluding carboxylic acids is 3. The van der Waals surface area contributed by atoms with Crippen molar-refractivity contribution in [3.8, 4) is 0 Å². The Bertz CT molecular complexity index is 1680. The number of nitrogens with one attached hydrogen (secondary N) is 4. The molecule has 1 atom stereocenters. The van der Waals surface area contributed by atoms with Crippen molar-refractivity contribution in [1.29, 1.82) is 0 Å². The number of benzene rings is 2. The molecule has 0 bridgehead atoms. The zero-order valence-electron chi connectivity index (χ0n) is 23.6. The Kier molecular flexibility index (Phi) is 9.21. The molecule has 0 aliphatic rings. The molecule has 42 heavy (non-hydrogen) atoms. The summed E-state index contributed by atoms with van der Waals surface area (Å²) in [5, 5.41) is 8.97. The van der Waals surface area contributed by atoms with E-state index in [1.54, 1.807) is 27.7 Å². The van der Waals surface area contributed by atoms with Gasteiger partial charge in [0.2, 0.25) is 0 Å². The van der Waals surface area contributed by atoms with Gasteiger partial charge in [-0.3, -0.25) is 14.4 Å². The molecule has 4 N–H and O–H groups in total. The minimum Gasteiger partial charge on any atom is -0.444 e. The van der Waals surface area contributed by atoms with Gasteiger partial charge in [0.25, 0.3) is 17.4 Å². The first-order valence-electron chi connectivity index (χ1n) is 13.2. The minimum atomic E-state index is -0.714. The van der Waals surface area contributed by atoms with Gasteiger partial charge in [-0.25, -0.2) is 14.8 Å². The second-order valence-corrected chi connectivity index (χ2v) is 10.9. The summed E-state index contributed by atoms with van der Waals surface area (Å²) in [5.74, 6) is -0.663. The number of pyridine rings is 1. The summed E-state index contributed by atoms with van der Waals surface area (Å²) in [6, 6.07) is 14.7. The van der Waals surface area contributed by atoms with E-state index >= 15 is 0 Å². The smallest absolute Gasteiger partial charge is 0.407 e. The van der Waals surface area contributed by atoms with E-state index in [2.05, 4.69) is 30.9 Å². The van der Waals surface area contributed by atoms with Crippen molar-refractivity contribution in [2.75, 3.05) is 11.9 Å². The van der Waals surface area contributed by atoms with Gasteiger partial charge in [-0.05, 0) is 63.9 Å². The molecule has 0 aliphatic heterocycles. The molecule has 0 saturated carbocycles. The average molecular weight is 591 g/mol. The Morgan fingerprint density at radius 1 is 1.05 bits per heavy atom. The van der Waals surface area contributed by atoms with Crippen LogP contribution in [0.4, 0.5) is 10.5 Å². The summed E-state index contributed by atoms with van der Waals surface area (Å²) in [4.78, 5) is 61.8. The lowest BCUT2D eigenvalue weighted by atomic mass is 10.0. The number of amides is 3. The van der Waals surface area contributed by atoms with Crippen LogP contribution >= 0.6 is 11.6 Å². The van der Waals surface area contributed by atoms with Crippen LogP contribution in [0.1, 0.15) is 65.3 Å². The third-order valence-electron chi connectivity index (χ3n) is 6.04. The van der Waals surface area contributed by atoms with E-state index in [4.69, 9.17) is 16.3 Å². The van der Waals surface area contributed by atoms with Crippen LogP contribution in [-0.2, 0) is 4.74 Å². The number of fused-ring (bicyclic) bond motifs is 1. The largest absolute Gasteiger partial charge is 0.444 e. The van der Waals surface area contributed by atoms with E-state index in [9.17, 15) is 19.2 Å². The Hall–Kier alpha value is -4.77. The molecule has 0 spiro atoms. The van der Waals surface area contributed by atoms with Crippen molar-refractivity contribution < 1.29 is 19.1 Å². The molecule has 4 aromatic rings. The van der Waals surface area contributed by atoms with Crippen LogP contribution in [0, 0.1) is 6.92 Å². The summed E-state index contributed by atoms with van der Waals surface area (Å²) in [6.45, 7) is 7.27. The molecule has 2 heterocycles. The van der Waals surface area contributed by atoms with Crippen LogP contribution in [0.3, 0.4) is 0 Å². The summed E-state index contributed by atoms with van der Waals surface area (Å²) in [6.07, 6.45) is 1.35. The van der Waals surface area contributed by atoms with Crippen LogP contribution < -0.4 is 21.5 Å². The quantitative estimate of drug-likeness (QED) is 0.227. The van der Waals surface area contributed by atoms with Crippen molar-refractivity contribution in [2.45, 2.75) is 45.8 Å². The highest BCUT2D eigenvalue weighted by Gasteiger charge is 2.20. The number of H-pyrrole nitrogens is 1. The van der Waals surface area contributed by atoms with Crippen molar-refractivity contribution in [1.82, 2.24) is 25.6 Å². The molecule has 0 fully saturated rings. The number of rotatable bonds is 8. The fraction of sp³-hybridized carbons (Fsp3) is 0.267. The minimum absolute atomic E-state index is 0.150. The van der Waals surface area contributed by atoms with E-state index in [1.165, 1.54) is 30.5 Å². The average Bonchev–Trinajstić information content (AvgIpc) is 2.92. The maximum Gasteiger partial charge on any atom is 0.407 e. The summed E-state index contributed by atoms with van der Waals surface area (Å²) < 4.78 is 5.28. The molecule has 12 heteroatoms. The number of hydrogen-bond donors (Lipinski definition) is 4. The molecule has 0 aliphatic carbocycles. The number of anilines is 1. The molecule has 0 saturated heterocycles. The van der Waals surface area contributed by atoms with Gasteiger partial charge in [0.05, 0.1) is 16.8 Å². The normalized spacial score (nSPS) is 11.9. The third-order valence-corrected chi connectivity index (χ3v) is 6.37. The monoisotopic (exact) mass is 590 g/mol. The summed E-state index contributed by atoms with van der Waals surface area (Å²) >= 11 is 6.33. The first-order chi connectivity index (χ1) is 19.9.